The van der Waals surface area contributed by atoms with Gasteiger partial charge in [0.15, 0.2) is 0 Å². The summed E-state index contributed by atoms with van der Waals surface area (Å²) in [5.74, 6) is 0.427. The summed E-state index contributed by atoms with van der Waals surface area (Å²) in [7, 11) is 0. The number of aliphatic hydroxyl groups excluding tert-OH is 1. The molecule has 94 valence electrons. The lowest BCUT2D eigenvalue weighted by Crippen LogP contribution is -2.14. The summed E-state index contributed by atoms with van der Waals surface area (Å²) >= 11 is 5.87. The maximum atomic E-state index is 10.4. The molecule has 1 N–H and O–H groups in total. The Morgan fingerprint density at radius 1 is 0.941 bits per heavy atom. The van der Waals surface area contributed by atoms with Crippen molar-refractivity contribution in [2.45, 2.75) is 51.0 Å². The first kappa shape index (κ1) is 12.9. The lowest BCUT2D eigenvalue weighted by molar-refractivity contribution is 0.0913. The molecule has 0 amide bonds. The fraction of sp³-hybridized carbons (Fsp3) is 0.600. The molecule has 0 saturated heterocycles. The Morgan fingerprint density at radius 2 is 1.47 bits per heavy atom. The summed E-state index contributed by atoms with van der Waals surface area (Å²) in [5.41, 5.74) is 1.01. The molecule has 1 atom stereocenters. The predicted molar refractivity (Wildman–Crippen MR) is 72.2 cm³/mol. The number of halogens is 1. The van der Waals surface area contributed by atoms with Crippen LogP contribution < -0.4 is 0 Å². The Morgan fingerprint density at radius 3 is 2.06 bits per heavy atom. The summed E-state index contributed by atoms with van der Waals surface area (Å²) < 4.78 is 0. The third-order valence-corrected chi connectivity index (χ3v) is 4.06. The van der Waals surface area contributed by atoms with Crippen molar-refractivity contribution in [2.24, 2.45) is 5.92 Å². The molecule has 1 saturated carbocycles. The van der Waals surface area contributed by atoms with Crippen molar-refractivity contribution in [3.63, 3.8) is 0 Å². The first-order valence-electron chi connectivity index (χ1n) is 6.71. The highest BCUT2D eigenvalue weighted by molar-refractivity contribution is 6.30. The second-order valence-electron chi connectivity index (χ2n) is 5.10. The van der Waals surface area contributed by atoms with Crippen molar-refractivity contribution < 1.29 is 5.11 Å². The molecule has 0 aromatic heterocycles. The van der Waals surface area contributed by atoms with Crippen molar-refractivity contribution in [2.75, 3.05) is 0 Å². The van der Waals surface area contributed by atoms with Gasteiger partial charge in [-0.2, -0.15) is 0 Å². The topological polar surface area (TPSA) is 20.2 Å². The number of rotatable bonds is 2. The molecule has 0 bridgehead atoms. The van der Waals surface area contributed by atoms with E-state index in [1.54, 1.807) is 0 Å². The minimum atomic E-state index is -0.314. The average Bonchev–Trinajstić information content (AvgIpc) is 2.29. The van der Waals surface area contributed by atoms with E-state index in [0.717, 1.165) is 23.4 Å². The minimum absolute atomic E-state index is 0.314. The normalized spacial score (nSPS) is 20.6. The Hall–Kier alpha value is -0.530. The molecule has 0 heterocycles. The molecule has 1 nitrogen and oxygen atoms in total. The molecule has 1 aromatic rings. The molecule has 2 rings (SSSR count). The summed E-state index contributed by atoms with van der Waals surface area (Å²) in [6.45, 7) is 0. The van der Waals surface area contributed by atoms with Gasteiger partial charge in [-0.1, -0.05) is 55.8 Å². The van der Waals surface area contributed by atoms with Gasteiger partial charge in [0.1, 0.15) is 0 Å². The van der Waals surface area contributed by atoms with Gasteiger partial charge in [0.25, 0.3) is 0 Å². The van der Waals surface area contributed by atoms with Crippen LogP contribution in [0.4, 0.5) is 0 Å². The highest BCUT2D eigenvalue weighted by Crippen LogP contribution is 2.33. The summed E-state index contributed by atoms with van der Waals surface area (Å²) in [6.07, 6.45) is 8.53. The summed E-state index contributed by atoms with van der Waals surface area (Å²) in [5, 5.41) is 11.1. The molecular weight excluding hydrogens is 232 g/mol. The van der Waals surface area contributed by atoms with Gasteiger partial charge >= 0.3 is 0 Å². The van der Waals surface area contributed by atoms with E-state index in [0.29, 0.717) is 5.92 Å². The van der Waals surface area contributed by atoms with Crippen LogP contribution in [0.25, 0.3) is 0 Å². The zero-order valence-electron chi connectivity index (χ0n) is 10.2. The Bertz CT molecular complexity index is 325. The van der Waals surface area contributed by atoms with E-state index in [1.807, 2.05) is 24.3 Å². The lowest BCUT2D eigenvalue weighted by Gasteiger charge is -2.25. The summed E-state index contributed by atoms with van der Waals surface area (Å²) in [6, 6.07) is 7.63. The third kappa shape index (κ3) is 3.72. The van der Waals surface area contributed by atoms with Crippen LogP contribution in [-0.4, -0.2) is 5.11 Å². The van der Waals surface area contributed by atoms with Gasteiger partial charge in [-0.15, -0.1) is 0 Å². The number of aliphatic hydroxyl groups is 1. The fourth-order valence-electron chi connectivity index (χ4n) is 2.74. The van der Waals surface area contributed by atoms with Gasteiger partial charge in [-0.05, 0) is 36.5 Å². The van der Waals surface area contributed by atoms with Crippen molar-refractivity contribution in [3.05, 3.63) is 34.9 Å². The monoisotopic (exact) mass is 252 g/mol. The smallest absolute Gasteiger partial charge is 0.0818 e. The molecule has 1 aliphatic rings. The first-order valence-corrected chi connectivity index (χ1v) is 7.09. The Balaban J connectivity index is 2.01. The number of hydrogen-bond acceptors (Lipinski definition) is 1. The maximum absolute atomic E-state index is 10.4. The van der Waals surface area contributed by atoms with E-state index < -0.39 is 0 Å². The minimum Gasteiger partial charge on any atom is -0.388 e. The standard InChI is InChI=1S/C15H21ClO/c16-14-10-8-13(9-11-14)15(17)12-6-4-2-1-3-5-7-12/h8-12,15,17H,1-7H2. The zero-order valence-corrected chi connectivity index (χ0v) is 11.0. The fourth-order valence-corrected chi connectivity index (χ4v) is 2.86. The van der Waals surface area contributed by atoms with Crippen LogP contribution in [0.2, 0.25) is 5.02 Å². The molecule has 0 aliphatic heterocycles. The molecule has 17 heavy (non-hydrogen) atoms. The summed E-state index contributed by atoms with van der Waals surface area (Å²) in [4.78, 5) is 0. The molecule has 2 heteroatoms. The molecule has 1 aliphatic carbocycles. The maximum Gasteiger partial charge on any atom is 0.0818 e. The SMILES string of the molecule is OC(c1ccc(Cl)cc1)C1CCCCCCC1. The molecule has 0 radical (unpaired) electrons. The molecule has 1 aromatic carbocycles. The second kappa shape index (κ2) is 6.42. The van der Waals surface area contributed by atoms with Crippen LogP contribution in [0.5, 0.6) is 0 Å². The van der Waals surface area contributed by atoms with Crippen LogP contribution in [0.3, 0.4) is 0 Å². The van der Waals surface area contributed by atoms with Crippen molar-refractivity contribution in [3.8, 4) is 0 Å². The van der Waals surface area contributed by atoms with Gasteiger partial charge in [0, 0.05) is 5.02 Å². The van der Waals surface area contributed by atoms with Crippen molar-refractivity contribution >= 4 is 11.6 Å². The van der Waals surface area contributed by atoms with Crippen molar-refractivity contribution in [1.29, 1.82) is 0 Å². The van der Waals surface area contributed by atoms with E-state index in [-0.39, 0.29) is 6.10 Å². The third-order valence-electron chi connectivity index (χ3n) is 3.81. The van der Waals surface area contributed by atoms with Gasteiger partial charge in [-0.25, -0.2) is 0 Å². The molecule has 1 fully saturated rings. The first-order chi connectivity index (χ1) is 8.27. The highest BCUT2D eigenvalue weighted by atomic mass is 35.5. The quantitative estimate of drug-likeness (QED) is 0.807. The van der Waals surface area contributed by atoms with Gasteiger partial charge < -0.3 is 5.11 Å². The largest absolute Gasteiger partial charge is 0.388 e. The van der Waals surface area contributed by atoms with Gasteiger partial charge in [-0.3, -0.25) is 0 Å². The predicted octanol–water partition coefficient (Wildman–Crippen LogP) is 4.73. The molecular formula is C15H21ClO. The van der Waals surface area contributed by atoms with E-state index in [9.17, 15) is 5.11 Å². The number of benzene rings is 1. The second-order valence-corrected chi connectivity index (χ2v) is 5.54. The average molecular weight is 253 g/mol. The van der Waals surface area contributed by atoms with E-state index >= 15 is 0 Å². The van der Waals surface area contributed by atoms with Crippen LogP contribution in [-0.2, 0) is 0 Å². The Kier molecular flexibility index (Phi) is 4.87. The number of hydrogen-bond donors (Lipinski definition) is 1. The zero-order chi connectivity index (χ0) is 12.1. The van der Waals surface area contributed by atoms with E-state index in [2.05, 4.69) is 0 Å². The van der Waals surface area contributed by atoms with E-state index in [4.69, 9.17) is 11.6 Å². The van der Waals surface area contributed by atoms with Crippen molar-refractivity contribution in [1.82, 2.24) is 0 Å². The highest BCUT2D eigenvalue weighted by Gasteiger charge is 2.21. The van der Waals surface area contributed by atoms with Crippen LogP contribution in [0.15, 0.2) is 24.3 Å². The van der Waals surface area contributed by atoms with Crippen LogP contribution in [0.1, 0.15) is 56.6 Å². The van der Waals surface area contributed by atoms with Crippen LogP contribution in [0, 0.1) is 5.92 Å². The van der Waals surface area contributed by atoms with Crippen LogP contribution >= 0.6 is 11.6 Å². The van der Waals surface area contributed by atoms with E-state index in [1.165, 1.54) is 32.1 Å². The Labute approximate surface area is 109 Å². The molecule has 1 unspecified atom stereocenters. The van der Waals surface area contributed by atoms with Gasteiger partial charge in [0.05, 0.1) is 6.10 Å². The molecule has 0 spiro atoms. The van der Waals surface area contributed by atoms with Gasteiger partial charge in [0.2, 0.25) is 0 Å². The lowest BCUT2D eigenvalue weighted by atomic mass is 9.84.